The highest BCUT2D eigenvalue weighted by atomic mass is 19.1. The van der Waals surface area contributed by atoms with Gasteiger partial charge in [0.25, 0.3) is 0 Å². The molecular formula is C10H14FNO. The van der Waals surface area contributed by atoms with Crippen LogP contribution in [0.3, 0.4) is 0 Å². The maximum Gasteiger partial charge on any atom is 0.216 e. The van der Waals surface area contributed by atoms with Crippen LogP contribution in [0.5, 0.6) is 5.75 Å². The first kappa shape index (κ1) is 9.96. The van der Waals surface area contributed by atoms with Gasteiger partial charge in [0.15, 0.2) is 0 Å². The minimum absolute atomic E-state index is 0.0850. The Morgan fingerprint density at radius 1 is 1.38 bits per heavy atom. The average molecular weight is 183 g/mol. The third-order valence-electron chi connectivity index (χ3n) is 1.96. The van der Waals surface area contributed by atoms with Crippen molar-refractivity contribution in [1.82, 2.24) is 4.98 Å². The summed E-state index contributed by atoms with van der Waals surface area (Å²) in [6.45, 7) is 6.08. The van der Waals surface area contributed by atoms with Gasteiger partial charge in [0.1, 0.15) is 5.75 Å². The zero-order valence-electron chi connectivity index (χ0n) is 8.12. The van der Waals surface area contributed by atoms with Crippen LogP contribution in [0.25, 0.3) is 0 Å². The molecule has 2 nitrogen and oxygen atoms in total. The van der Waals surface area contributed by atoms with Crippen molar-refractivity contribution < 1.29 is 9.13 Å². The van der Waals surface area contributed by atoms with E-state index in [9.17, 15) is 4.39 Å². The number of pyridine rings is 1. The van der Waals surface area contributed by atoms with Crippen LogP contribution in [0.2, 0.25) is 0 Å². The molecule has 0 fully saturated rings. The van der Waals surface area contributed by atoms with Crippen LogP contribution < -0.4 is 4.74 Å². The molecule has 0 amide bonds. The van der Waals surface area contributed by atoms with Crippen LogP contribution in [0.15, 0.2) is 18.3 Å². The maximum absolute atomic E-state index is 12.6. The summed E-state index contributed by atoms with van der Waals surface area (Å²) < 4.78 is 18.1. The summed E-state index contributed by atoms with van der Waals surface area (Å²) in [6, 6.07) is 2.95. The number of hydrogen-bond donors (Lipinski definition) is 0. The van der Waals surface area contributed by atoms with E-state index in [1.54, 1.807) is 6.07 Å². The van der Waals surface area contributed by atoms with E-state index in [4.69, 9.17) is 4.74 Å². The summed E-state index contributed by atoms with van der Waals surface area (Å²) in [5.41, 5.74) is 0. The Labute approximate surface area is 77.8 Å². The van der Waals surface area contributed by atoms with E-state index < -0.39 is 5.95 Å². The van der Waals surface area contributed by atoms with E-state index >= 15 is 0 Å². The fourth-order valence-electron chi connectivity index (χ4n) is 0.809. The third kappa shape index (κ3) is 3.01. The predicted molar refractivity (Wildman–Crippen MR) is 49.1 cm³/mol. The summed E-state index contributed by atoms with van der Waals surface area (Å²) in [5.74, 6) is 0.443. The fraction of sp³-hybridized carbons (Fsp3) is 0.500. The van der Waals surface area contributed by atoms with Crippen molar-refractivity contribution in [2.75, 3.05) is 0 Å². The normalized spacial score (nSPS) is 13.0. The molecule has 0 N–H and O–H groups in total. The van der Waals surface area contributed by atoms with Crippen molar-refractivity contribution in [1.29, 1.82) is 0 Å². The molecule has 1 heterocycles. The van der Waals surface area contributed by atoms with Gasteiger partial charge in [0.2, 0.25) is 5.95 Å². The smallest absolute Gasteiger partial charge is 0.216 e. The number of aromatic nitrogens is 1. The molecule has 0 saturated heterocycles. The molecule has 1 atom stereocenters. The second-order valence-electron chi connectivity index (χ2n) is 3.38. The summed E-state index contributed by atoms with van der Waals surface area (Å²) in [7, 11) is 0. The van der Waals surface area contributed by atoms with Gasteiger partial charge in [-0.05, 0) is 18.9 Å². The van der Waals surface area contributed by atoms with E-state index in [2.05, 4.69) is 18.8 Å². The van der Waals surface area contributed by atoms with Gasteiger partial charge >= 0.3 is 0 Å². The Balaban J connectivity index is 2.64. The lowest BCUT2D eigenvalue weighted by molar-refractivity contribution is 0.169. The van der Waals surface area contributed by atoms with Crippen LogP contribution in [-0.4, -0.2) is 11.1 Å². The molecule has 72 valence electrons. The van der Waals surface area contributed by atoms with Crippen molar-refractivity contribution in [3.05, 3.63) is 24.3 Å². The van der Waals surface area contributed by atoms with Crippen LogP contribution in [0, 0.1) is 11.9 Å². The van der Waals surface area contributed by atoms with Crippen LogP contribution >= 0.6 is 0 Å². The summed E-state index contributed by atoms with van der Waals surface area (Å²) in [5, 5.41) is 0. The fourth-order valence-corrected chi connectivity index (χ4v) is 0.809. The largest absolute Gasteiger partial charge is 0.490 e. The molecular weight excluding hydrogens is 169 g/mol. The Bertz CT molecular complexity index is 275. The summed E-state index contributed by atoms with van der Waals surface area (Å²) >= 11 is 0. The minimum Gasteiger partial charge on any atom is -0.490 e. The van der Waals surface area contributed by atoms with Gasteiger partial charge in [0.05, 0.1) is 6.10 Å². The van der Waals surface area contributed by atoms with Crippen LogP contribution in [-0.2, 0) is 0 Å². The number of ether oxygens (including phenoxy) is 1. The first-order valence-corrected chi connectivity index (χ1v) is 4.38. The zero-order valence-corrected chi connectivity index (χ0v) is 8.12. The molecule has 0 radical (unpaired) electrons. The molecule has 1 unspecified atom stereocenters. The summed E-state index contributed by atoms with van der Waals surface area (Å²) in [4.78, 5) is 3.45. The van der Waals surface area contributed by atoms with Crippen molar-refractivity contribution in [2.45, 2.75) is 26.9 Å². The molecule has 1 aromatic heterocycles. The van der Waals surface area contributed by atoms with Crippen LogP contribution in [0.4, 0.5) is 4.39 Å². The SMILES string of the molecule is CC(C)C(C)Oc1ccnc(F)c1. The molecule has 1 aromatic rings. The first-order valence-electron chi connectivity index (χ1n) is 4.38. The van der Waals surface area contributed by atoms with Gasteiger partial charge in [-0.25, -0.2) is 4.98 Å². The van der Waals surface area contributed by atoms with Gasteiger partial charge in [-0.1, -0.05) is 13.8 Å². The monoisotopic (exact) mass is 183 g/mol. The van der Waals surface area contributed by atoms with Gasteiger partial charge in [-0.15, -0.1) is 0 Å². The second-order valence-corrected chi connectivity index (χ2v) is 3.38. The molecule has 0 aliphatic heterocycles. The second kappa shape index (κ2) is 4.21. The molecule has 0 spiro atoms. The van der Waals surface area contributed by atoms with E-state index in [-0.39, 0.29) is 6.10 Å². The molecule has 0 saturated carbocycles. The van der Waals surface area contributed by atoms with Crippen molar-refractivity contribution in [3.8, 4) is 5.75 Å². The average Bonchev–Trinajstić information content (AvgIpc) is 2.04. The van der Waals surface area contributed by atoms with E-state index in [0.717, 1.165) is 0 Å². The number of halogens is 1. The Kier molecular flexibility index (Phi) is 3.23. The summed E-state index contributed by atoms with van der Waals surface area (Å²) in [6.07, 6.45) is 1.49. The molecule has 1 rings (SSSR count). The maximum atomic E-state index is 12.6. The van der Waals surface area contributed by atoms with Crippen LogP contribution in [0.1, 0.15) is 20.8 Å². The van der Waals surface area contributed by atoms with Crippen molar-refractivity contribution >= 4 is 0 Å². The van der Waals surface area contributed by atoms with Crippen molar-refractivity contribution in [3.63, 3.8) is 0 Å². The van der Waals surface area contributed by atoms with E-state index in [1.807, 2.05) is 6.92 Å². The lowest BCUT2D eigenvalue weighted by atomic mass is 10.1. The van der Waals surface area contributed by atoms with E-state index in [0.29, 0.717) is 11.7 Å². The lowest BCUT2D eigenvalue weighted by Gasteiger charge is -2.17. The standard InChI is InChI=1S/C10H14FNO/c1-7(2)8(3)13-9-4-5-12-10(11)6-9/h4-8H,1-3H3. The Hall–Kier alpha value is -1.12. The van der Waals surface area contributed by atoms with Gasteiger partial charge in [-0.3, -0.25) is 0 Å². The highest BCUT2D eigenvalue weighted by Crippen LogP contribution is 2.15. The number of hydrogen-bond acceptors (Lipinski definition) is 2. The number of nitrogens with zero attached hydrogens (tertiary/aromatic N) is 1. The van der Waals surface area contributed by atoms with Gasteiger partial charge in [-0.2, -0.15) is 4.39 Å². The topological polar surface area (TPSA) is 22.1 Å². The zero-order chi connectivity index (χ0) is 9.84. The first-order chi connectivity index (χ1) is 6.09. The van der Waals surface area contributed by atoms with Crippen molar-refractivity contribution in [2.24, 2.45) is 5.92 Å². The van der Waals surface area contributed by atoms with Gasteiger partial charge in [0, 0.05) is 12.3 Å². The van der Waals surface area contributed by atoms with Gasteiger partial charge < -0.3 is 4.74 Å². The molecule has 13 heavy (non-hydrogen) atoms. The number of rotatable bonds is 3. The quantitative estimate of drug-likeness (QED) is 0.672. The molecule has 0 aromatic carbocycles. The minimum atomic E-state index is -0.506. The highest BCUT2D eigenvalue weighted by molar-refractivity contribution is 5.18. The predicted octanol–water partition coefficient (Wildman–Crippen LogP) is 2.64. The lowest BCUT2D eigenvalue weighted by Crippen LogP contribution is -2.18. The Morgan fingerprint density at radius 3 is 2.62 bits per heavy atom. The Morgan fingerprint density at radius 2 is 2.08 bits per heavy atom. The third-order valence-corrected chi connectivity index (χ3v) is 1.96. The molecule has 3 heteroatoms. The molecule has 0 bridgehead atoms. The molecule has 0 aliphatic rings. The molecule has 0 aliphatic carbocycles. The van der Waals surface area contributed by atoms with E-state index in [1.165, 1.54) is 12.3 Å². The highest BCUT2D eigenvalue weighted by Gasteiger charge is 2.08.